The van der Waals surface area contributed by atoms with Gasteiger partial charge in [-0.1, -0.05) is 0 Å². The van der Waals surface area contributed by atoms with Crippen LogP contribution >= 0.6 is 0 Å². The van der Waals surface area contributed by atoms with E-state index in [9.17, 15) is 9.59 Å². The van der Waals surface area contributed by atoms with Crippen molar-refractivity contribution >= 4 is 31.0 Å². The number of hydrogen-bond acceptors (Lipinski definition) is 2. The SMILES string of the molecule is O=C1CCCCC12[Se]c1ccccc1C2=O. The quantitative estimate of drug-likeness (QED) is 0.533. The molecule has 1 aromatic rings. The first-order chi connectivity index (χ1) is 7.74. The van der Waals surface area contributed by atoms with E-state index in [-0.39, 0.29) is 26.5 Å². The summed E-state index contributed by atoms with van der Waals surface area (Å²) in [5.41, 5.74) is 0.803. The van der Waals surface area contributed by atoms with Crippen molar-refractivity contribution in [1.29, 1.82) is 0 Å². The Balaban J connectivity index is 2.08. The van der Waals surface area contributed by atoms with Crippen molar-refractivity contribution in [3.8, 4) is 0 Å². The van der Waals surface area contributed by atoms with Gasteiger partial charge in [0.1, 0.15) is 0 Å². The van der Waals surface area contributed by atoms with Crippen molar-refractivity contribution < 1.29 is 9.59 Å². The summed E-state index contributed by atoms with van der Waals surface area (Å²) in [6.07, 6.45) is 3.36. The average molecular weight is 279 g/mol. The Hall–Kier alpha value is -0.921. The van der Waals surface area contributed by atoms with E-state index in [0.717, 1.165) is 29.3 Å². The molecule has 1 aromatic carbocycles. The summed E-state index contributed by atoms with van der Waals surface area (Å²) in [4.78, 5) is 24.5. The molecule has 1 spiro atoms. The maximum atomic E-state index is 12.4. The molecular weight excluding hydrogens is 267 g/mol. The standard InChI is InChI=1S/C13H12O2Se/c14-11-7-3-4-8-13(11)12(15)9-5-1-2-6-10(9)16-13/h1-2,5-6H,3-4,7-8H2. The van der Waals surface area contributed by atoms with Gasteiger partial charge >= 0.3 is 100 Å². The van der Waals surface area contributed by atoms with Gasteiger partial charge in [0.25, 0.3) is 0 Å². The molecule has 3 heteroatoms. The van der Waals surface area contributed by atoms with Crippen LogP contribution in [0.4, 0.5) is 0 Å². The molecule has 1 unspecified atom stereocenters. The van der Waals surface area contributed by atoms with Crippen molar-refractivity contribution in [2.75, 3.05) is 0 Å². The summed E-state index contributed by atoms with van der Waals surface area (Å²) in [7, 11) is 0. The number of Topliss-reactive ketones (excluding diaryl/α,β-unsaturated/α-hetero) is 2. The minimum atomic E-state index is -0.616. The Bertz CT molecular complexity index is 481. The van der Waals surface area contributed by atoms with Crippen molar-refractivity contribution in [1.82, 2.24) is 0 Å². The van der Waals surface area contributed by atoms with Crippen LogP contribution in [-0.2, 0) is 4.79 Å². The predicted molar refractivity (Wildman–Crippen MR) is 62.3 cm³/mol. The van der Waals surface area contributed by atoms with E-state index in [1.165, 1.54) is 0 Å². The molecule has 1 atom stereocenters. The number of benzene rings is 1. The van der Waals surface area contributed by atoms with E-state index in [1.54, 1.807) is 0 Å². The van der Waals surface area contributed by atoms with Crippen LogP contribution in [0.15, 0.2) is 24.3 Å². The second-order valence-corrected chi connectivity index (χ2v) is 7.20. The number of hydrogen-bond donors (Lipinski definition) is 0. The van der Waals surface area contributed by atoms with Gasteiger partial charge in [-0.3, -0.25) is 0 Å². The summed E-state index contributed by atoms with van der Waals surface area (Å²) in [6.45, 7) is 0. The third-order valence-corrected chi connectivity index (χ3v) is 6.65. The van der Waals surface area contributed by atoms with E-state index in [0.29, 0.717) is 6.42 Å². The second kappa shape index (κ2) is 3.54. The first-order valence-corrected chi connectivity index (χ1v) is 7.31. The van der Waals surface area contributed by atoms with E-state index >= 15 is 0 Å². The number of ketones is 2. The van der Waals surface area contributed by atoms with Gasteiger partial charge in [-0.2, -0.15) is 0 Å². The first-order valence-electron chi connectivity index (χ1n) is 5.60. The predicted octanol–water partition coefficient (Wildman–Crippen LogP) is 1.51. The van der Waals surface area contributed by atoms with E-state index < -0.39 is 4.31 Å². The molecule has 1 fully saturated rings. The van der Waals surface area contributed by atoms with Crippen molar-refractivity contribution in [3.05, 3.63) is 29.8 Å². The zero-order chi connectivity index (χ0) is 11.2. The Morgan fingerprint density at radius 2 is 1.94 bits per heavy atom. The fourth-order valence-electron chi connectivity index (χ4n) is 2.54. The van der Waals surface area contributed by atoms with Crippen molar-refractivity contribution in [3.63, 3.8) is 0 Å². The number of fused-ring (bicyclic) bond motifs is 1. The number of carbonyl (C=O) groups is 2. The van der Waals surface area contributed by atoms with Gasteiger partial charge in [-0.15, -0.1) is 0 Å². The summed E-state index contributed by atoms with van der Waals surface area (Å²) in [6, 6.07) is 7.72. The number of rotatable bonds is 0. The van der Waals surface area contributed by atoms with Gasteiger partial charge in [-0.05, 0) is 0 Å². The molecule has 3 rings (SSSR count). The van der Waals surface area contributed by atoms with Gasteiger partial charge in [0, 0.05) is 0 Å². The molecule has 0 bridgehead atoms. The third kappa shape index (κ3) is 1.25. The summed E-state index contributed by atoms with van der Waals surface area (Å²) in [5, 5.41) is 0. The maximum absolute atomic E-state index is 12.4. The van der Waals surface area contributed by atoms with Gasteiger partial charge in [0.2, 0.25) is 0 Å². The summed E-state index contributed by atoms with van der Waals surface area (Å²) in [5.74, 6) is 0.299. The van der Waals surface area contributed by atoms with Crippen LogP contribution in [0.1, 0.15) is 36.0 Å². The first kappa shape index (κ1) is 10.2. The van der Waals surface area contributed by atoms with Crippen LogP contribution in [0.2, 0.25) is 4.31 Å². The van der Waals surface area contributed by atoms with Gasteiger partial charge in [0.15, 0.2) is 0 Å². The molecule has 0 saturated heterocycles. The molecule has 16 heavy (non-hydrogen) atoms. The van der Waals surface area contributed by atoms with Crippen LogP contribution < -0.4 is 4.46 Å². The molecule has 0 amide bonds. The zero-order valence-corrected chi connectivity index (χ0v) is 10.6. The molecule has 0 aromatic heterocycles. The Morgan fingerprint density at radius 1 is 1.12 bits per heavy atom. The molecule has 1 aliphatic carbocycles. The van der Waals surface area contributed by atoms with Crippen LogP contribution in [0.3, 0.4) is 0 Å². The van der Waals surface area contributed by atoms with Crippen LogP contribution in [0.25, 0.3) is 0 Å². The summed E-state index contributed by atoms with van der Waals surface area (Å²) < 4.78 is 0.504. The molecule has 0 radical (unpaired) electrons. The Labute approximate surface area is 101 Å². The monoisotopic (exact) mass is 280 g/mol. The van der Waals surface area contributed by atoms with Crippen LogP contribution in [0.5, 0.6) is 0 Å². The van der Waals surface area contributed by atoms with Crippen molar-refractivity contribution in [2.24, 2.45) is 0 Å². The topological polar surface area (TPSA) is 34.1 Å². The van der Waals surface area contributed by atoms with Crippen molar-refractivity contribution in [2.45, 2.75) is 30.0 Å². The minimum absolute atomic E-state index is 0.0121. The van der Waals surface area contributed by atoms with Crippen LogP contribution in [-0.4, -0.2) is 26.5 Å². The van der Waals surface area contributed by atoms with E-state index in [4.69, 9.17) is 0 Å². The third-order valence-electron chi connectivity index (χ3n) is 3.42. The zero-order valence-electron chi connectivity index (χ0n) is 8.86. The molecule has 1 aliphatic heterocycles. The molecule has 1 heterocycles. The molecule has 82 valence electrons. The fourth-order valence-corrected chi connectivity index (χ4v) is 5.60. The Morgan fingerprint density at radius 3 is 2.69 bits per heavy atom. The van der Waals surface area contributed by atoms with Crippen LogP contribution in [0, 0.1) is 0 Å². The Kier molecular flexibility index (Phi) is 2.27. The molecule has 2 nitrogen and oxygen atoms in total. The molecule has 0 N–H and O–H groups in total. The normalized spacial score (nSPS) is 28.5. The fraction of sp³-hybridized carbons (Fsp3) is 0.385. The van der Waals surface area contributed by atoms with Gasteiger partial charge < -0.3 is 0 Å². The van der Waals surface area contributed by atoms with Gasteiger partial charge in [0.05, 0.1) is 0 Å². The van der Waals surface area contributed by atoms with E-state index in [2.05, 4.69) is 0 Å². The molecule has 2 aliphatic rings. The molecular formula is C13H12O2Se. The summed E-state index contributed by atoms with van der Waals surface area (Å²) >= 11 is 0.0121. The number of carbonyl (C=O) groups excluding carboxylic acids is 2. The average Bonchev–Trinajstić information content (AvgIpc) is 2.59. The van der Waals surface area contributed by atoms with Gasteiger partial charge in [-0.25, -0.2) is 0 Å². The second-order valence-electron chi connectivity index (χ2n) is 4.38. The molecule has 1 saturated carbocycles. The van der Waals surface area contributed by atoms with E-state index in [1.807, 2.05) is 24.3 Å².